The number of rotatable bonds is 5. The second kappa shape index (κ2) is 6.66. The maximum Gasteiger partial charge on any atom is 0.258 e. The average Bonchev–Trinajstić information content (AvgIpc) is 3.07. The predicted molar refractivity (Wildman–Crippen MR) is 88.1 cm³/mol. The summed E-state index contributed by atoms with van der Waals surface area (Å²) in [6, 6.07) is 3.96. The monoisotopic (exact) mass is 316 g/mol. The van der Waals surface area contributed by atoms with Gasteiger partial charge in [0.15, 0.2) is 0 Å². The van der Waals surface area contributed by atoms with Gasteiger partial charge in [0.25, 0.3) is 5.89 Å². The normalized spacial score (nSPS) is 18.0. The minimum absolute atomic E-state index is 0.259. The van der Waals surface area contributed by atoms with E-state index in [1.165, 1.54) is 19.3 Å². The first-order chi connectivity index (χ1) is 11.1. The Morgan fingerprint density at radius 3 is 2.70 bits per heavy atom. The van der Waals surface area contributed by atoms with E-state index < -0.39 is 5.60 Å². The molecule has 0 saturated carbocycles. The smallest absolute Gasteiger partial charge is 0.258 e. The van der Waals surface area contributed by atoms with Crippen molar-refractivity contribution in [3.05, 3.63) is 24.2 Å². The molecule has 2 aromatic heterocycles. The second-order valence-electron chi connectivity index (χ2n) is 6.40. The topological polar surface area (TPSA) is 75.3 Å². The van der Waals surface area contributed by atoms with Crippen LogP contribution in [0.25, 0.3) is 11.4 Å². The summed E-state index contributed by atoms with van der Waals surface area (Å²) in [5.41, 5.74) is -0.283. The highest BCUT2D eigenvalue weighted by molar-refractivity contribution is 5.56. The maximum atomic E-state index is 10.3. The van der Waals surface area contributed by atoms with Crippen LogP contribution in [0.2, 0.25) is 0 Å². The molecular weight excluding hydrogens is 292 g/mol. The van der Waals surface area contributed by atoms with E-state index in [0.717, 1.165) is 30.9 Å². The van der Waals surface area contributed by atoms with E-state index in [2.05, 4.69) is 20.0 Å². The van der Waals surface area contributed by atoms with E-state index in [1.54, 1.807) is 13.1 Å². The van der Waals surface area contributed by atoms with Gasteiger partial charge >= 0.3 is 0 Å². The Labute approximate surface area is 136 Å². The Kier molecular flexibility index (Phi) is 4.61. The summed E-state index contributed by atoms with van der Waals surface area (Å²) in [6.07, 6.45) is 6.96. The molecule has 6 heteroatoms. The molecule has 0 aromatic carbocycles. The highest BCUT2D eigenvalue weighted by atomic mass is 16.5. The van der Waals surface area contributed by atoms with Gasteiger partial charge in [-0.1, -0.05) is 18.5 Å². The zero-order chi connectivity index (χ0) is 16.3. The highest BCUT2D eigenvalue weighted by Crippen LogP contribution is 2.27. The SMILES string of the molecule is CCC[C@@](C)(O)c1nc(-c2ccc(N3CCCCC3)nc2)no1. The fraction of sp³-hybridized carbons (Fsp3) is 0.588. The van der Waals surface area contributed by atoms with Crippen LogP contribution in [0.15, 0.2) is 22.9 Å². The third kappa shape index (κ3) is 3.52. The first-order valence-electron chi connectivity index (χ1n) is 8.38. The van der Waals surface area contributed by atoms with Gasteiger partial charge in [0.1, 0.15) is 11.4 Å². The molecule has 3 rings (SSSR count). The summed E-state index contributed by atoms with van der Waals surface area (Å²) in [5, 5.41) is 14.3. The van der Waals surface area contributed by atoms with Gasteiger partial charge in [0.05, 0.1) is 0 Å². The van der Waals surface area contributed by atoms with Crippen LogP contribution >= 0.6 is 0 Å². The molecule has 6 nitrogen and oxygen atoms in total. The van der Waals surface area contributed by atoms with Crippen LogP contribution in [-0.4, -0.2) is 33.3 Å². The van der Waals surface area contributed by atoms with Crippen LogP contribution in [0, 0.1) is 0 Å². The molecule has 124 valence electrons. The standard InChI is InChI=1S/C17H24N4O2/c1-3-9-17(2,22)16-19-15(20-23-16)13-7-8-14(18-12-13)21-10-5-4-6-11-21/h7-8,12,22H,3-6,9-11H2,1-2H3/t17-/m1/s1. The van der Waals surface area contributed by atoms with Crippen molar-refractivity contribution < 1.29 is 9.63 Å². The van der Waals surface area contributed by atoms with Crippen molar-refractivity contribution in [2.24, 2.45) is 0 Å². The predicted octanol–water partition coefficient (Wildman–Crippen LogP) is 3.13. The van der Waals surface area contributed by atoms with Crippen LogP contribution < -0.4 is 4.90 Å². The molecule has 1 atom stereocenters. The molecule has 0 bridgehead atoms. The maximum absolute atomic E-state index is 10.3. The Hall–Kier alpha value is -1.95. The van der Waals surface area contributed by atoms with Gasteiger partial charge in [-0.15, -0.1) is 0 Å². The molecule has 23 heavy (non-hydrogen) atoms. The van der Waals surface area contributed by atoms with Gasteiger partial charge in [0, 0.05) is 24.8 Å². The Morgan fingerprint density at radius 1 is 1.26 bits per heavy atom. The lowest BCUT2D eigenvalue weighted by atomic mass is 10.0. The van der Waals surface area contributed by atoms with E-state index in [0.29, 0.717) is 12.2 Å². The zero-order valence-corrected chi connectivity index (χ0v) is 13.8. The number of anilines is 1. The molecule has 1 saturated heterocycles. The number of hydrogen-bond acceptors (Lipinski definition) is 6. The van der Waals surface area contributed by atoms with E-state index in [-0.39, 0.29) is 5.89 Å². The van der Waals surface area contributed by atoms with E-state index in [4.69, 9.17) is 4.52 Å². The molecule has 1 aliphatic heterocycles. The first-order valence-corrected chi connectivity index (χ1v) is 8.38. The molecule has 0 unspecified atom stereocenters. The number of nitrogens with zero attached hydrogens (tertiary/aromatic N) is 4. The quantitative estimate of drug-likeness (QED) is 0.913. The number of pyridine rings is 1. The minimum atomic E-state index is -1.08. The lowest BCUT2D eigenvalue weighted by Gasteiger charge is -2.27. The van der Waals surface area contributed by atoms with Crippen LogP contribution in [0.5, 0.6) is 0 Å². The van der Waals surface area contributed by atoms with Crippen molar-refractivity contribution in [3.63, 3.8) is 0 Å². The zero-order valence-electron chi connectivity index (χ0n) is 13.8. The van der Waals surface area contributed by atoms with Gasteiger partial charge in [-0.3, -0.25) is 0 Å². The van der Waals surface area contributed by atoms with Crippen LogP contribution in [0.4, 0.5) is 5.82 Å². The van der Waals surface area contributed by atoms with E-state index >= 15 is 0 Å². The number of aliphatic hydroxyl groups is 1. The summed E-state index contributed by atoms with van der Waals surface area (Å²) in [5.74, 6) is 1.72. The molecule has 0 aliphatic carbocycles. The van der Waals surface area contributed by atoms with Crippen molar-refractivity contribution in [3.8, 4) is 11.4 Å². The molecule has 3 heterocycles. The molecule has 2 aromatic rings. The van der Waals surface area contributed by atoms with Crippen LogP contribution in [-0.2, 0) is 5.60 Å². The Balaban J connectivity index is 1.76. The number of aromatic nitrogens is 3. The largest absolute Gasteiger partial charge is 0.380 e. The molecule has 1 aliphatic rings. The molecular formula is C17H24N4O2. The number of piperidine rings is 1. The minimum Gasteiger partial charge on any atom is -0.380 e. The molecule has 1 N–H and O–H groups in total. The van der Waals surface area contributed by atoms with Gasteiger partial charge in [-0.25, -0.2) is 4.98 Å². The van der Waals surface area contributed by atoms with Gasteiger partial charge in [-0.05, 0) is 44.7 Å². The molecule has 0 radical (unpaired) electrons. The van der Waals surface area contributed by atoms with Crippen molar-refractivity contribution in [1.29, 1.82) is 0 Å². The lowest BCUT2D eigenvalue weighted by Crippen LogP contribution is -2.29. The van der Waals surface area contributed by atoms with Crippen molar-refractivity contribution in [2.75, 3.05) is 18.0 Å². The van der Waals surface area contributed by atoms with Gasteiger partial charge in [0.2, 0.25) is 5.82 Å². The summed E-state index contributed by atoms with van der Waals surface area (Å²) in [4.78, 5) is 11.2. The summed E-state index contributed by atoms with van der Waals surface area (Å²) >= 11 is 0. The molecule has 0 spiro atoms. The fourth-order valence-corrected chi connectivity index (χ4v) is 2.98. The summed E-state index contributed by atoms with van der Waals surface area (Å²) < 4.78 is 5.23. The molecule has 1 fully saturated rings. The van der Waals surface area contributed by atoms with Crippen LogP contribution in [0.1, 0.15) is 51.8 Å². The first kappa shape index (κ1) is 15.9. The highest BCUT2D eigenvalue weighted by Gasteiger charge is 2.29. The lowest BCUT2D eigenvalue weighted by molar-refractivity contribution is 0.0138. The Bertz CT molecular complexity index is 630. The number of hydrogen-bond donors (Lipinski definition) is 1. The second-order valence-corrected chi connectivity index (χ2v) is 6.40. The summed E-state index contributed by atoms with van der Waals surface area (Å²) in [7, 11) is 0. The third-order valence-corrected chi connectivity index (χ3v) is 4.31. The average molecular weight is 316 g/mol. The van der Waals surface area contributed by atoms with Crippen molar-refractivity contribution in [1.82, 2.24) is 15.1 Å². The summed E-state index contributed by atoms with van der Waals surface area (Å²) in [6.45, 7) is 5.84. The van der Waals surface area contributed by atoms with Gasteiger partial charge in [-0.2, -0.15) is 4.98 Å². The van der Waals surface area contributed by atoms with Crippen molar-refractivity contribution in [2.45, 2.75) is 51.6 Å². The Morgan fingerprint density at radius 2 is 2.04 bits per heavy atom. The fourth-order valence-electron chi connectivity index (χ4n) is 2.98. The van der Waals surface area contributed by atoms with E-state index in [1.807, 2.05) is 19.1 Å². The van der Waals surface area contributed by atoms with Crippen LogP contribution in [0.3, 0.4) is 0 Å². The van der Waals surface area contributed by atoms with Crippen molar-refractivity contribution >= 4 is 5.82 Å². The van der Waals surface area contributed by atoms with Gasteiger partial charge < -0.3 is 14.5 Å². The van der Waals surface area contributed by atoms with E-state index in [9.17, 15) is 5.11 Å². The molecule has 0 amide bonds. The third-order valence-electron chi connectivity index (χ3n) is 4.31.